The second kappa shape index (κ2) is 6.72. The predicted octanol–water partition coefficient (Wildman–Crippen LogP) is 2.08. The van der Waals surface area contributed by atoms with Crippen molar-refractivity contribution in [3.05, 3.63) is 42.5 Å². The highest BCUT2D eigenvalue weighted by molar-refractivity contribution is 5.45. The van der Waals surface area contributed by atoms with Crippen molar-refractivity contribution in [1.29, 1.82) is 0 Å². The van der Waals surface area contributed by atoms with Gasteiger partial charge < -0.3 is 10.2 Å². The Balaban J connectivity index is 1.55. The molecule has 3 rings (SSSR count). The van der Waals surface area contributed by atoms with Gasteiger partial charge in [-0.1, -0.05) is 12.1 Å². The smallest absolute Gasteiger partial charge is 0.137 e. The van der Waals surface area contributed by atoms with E-state index in [4.69, 9.17) is 0 Å². The van der Waals surface area contributed by atoms with Gasteiger partial charge in [-0.3, -0.25) is 0 Å². The second-order valence-corrected chi connectivity index (χ2v) is 5.94. The van der Waals surface area contributed by atoms with E-state index in [0.29, 0.717) is 0 Å². The van der Waals surface area contributed by atoms with Crippen LogP contribution in [-0.2, 0) is 6.54 Å². The summed E-state index contributed by atoms with van der Waals surface area (Å²) < 4.78 is 1.84. The van der Waals surface area contributed by atoms with Crippen LogP contribution in [0.2, 0.25) is 0 Å². The molecule has 0 amide bonds. The lowest BCUT2D eigenvalue weighted by Crippen LogP contribution is -2.35. The van der Waals surface area contributed by atoms with E-state index in [0.717, 1.165) is 19.0 Å². The fourth-order valence-electron chi connectivity index (χ4n) is 2.98. The van der Waals surface area contributed by atoms with E-state index in [9.17, 15) is 0 Å². The van der Waals surface area contributed by atoms with Crippen molar-refractivity contribution >= 4 is 5.69 Å². The number of aromatic nitrogens is 3. The van der Waals surface area contributed by atoms with Crippen molar-refractivity contribution in [2.24, 2.45) is 5.92 Å². The molecule has 0 aliphatic carbocycles. The molecule has 1 aliphatic rings. The summed E-state index contributed by atoms with van der Waals surface area (Å²) in [6.07, 6.45) is 5.96. The monoisotopic (exact) mass is 285 g/mol. The molecule has 1 atom stereocenters. The van der Waals surface area contributed by atoms with Crippen molar-refractivity contribution in [1.82, 2.24) is 19.7 Å². The van der Waals surface area contributed by atoms with Crippen LogP contribution in [0.4, 0.5) is 5.69 Å². The molecule has 0 radical (unpaired) electrons. The van der Waals surface area contributed by atoms with Crippen LogP contribution in [0.3, 0.4) is 0 Å². The summed E-state index contributed by atoms with van der Waals surface area (Å²) >= 11 is 0. The number of likely N-dealkylation sites (tertiary alicyclic amines) is 1. The fourth-order valence-corrected chi connectivity index (χ4v) is 2.98. The van der Waals surface area contributed by atoms with Gasteiger partial charge in [0.15, 0.2) is 0 Å². The van der Waals surface area contributed by atoms with E-state index in [1.54, 1.807) is 12.7 Å². The molecule has 0 bridgehead atoms. The maximum absolute atomic E-state index is 4.15. The predicted molar refractivity (Wildman–Crippen MR) is 84.3 cm³/mol. The SMILES string of the molecule is CN1CCCC(CNc2cccc(Cn3cncn3)c2)C1. The molecule has 0 spiro atoms. The highest BCUT2D eigenvalue weighted by atomic mass is 15.3. The maximum Gasteiger partial charge on any atom is 0.137 e. The minimum Gasteiger partial charge on any atom is -0.385 e. The van der Waals surface area contributed by atoms with Gasteiger partial charge in [0.2, 0.25) is 0 Å². The molecule has 0 saturated carbocycles. The summed E-state index contributed by atoms with van der Waals surface area (Å²) in [4.78, 5) is 6.40. The first-order valence-electron chi connectivity index (χ1n) is 7.63. The molecule has 5 heteroatoms. The van der Waals surface area contributed by atoms with Crippen molar-refractivity contribution in [3.8, 4) is 0 Å². The Labute approximate surface area is 126 Å². The zero-order chi connectivity index (χ0) is 14.5. The van der Waals surface area contributed by atoms with Crippen LogP contribution in [0, 0.1) is 5.92 Å². The van der Waals surface area contributed by atoms with E-state index < -0.39 is 0 Å². The van der Waals surface area contributed by atoms with E-state index >= 15 is 0 Å². The van der Waals surface area contributed by atoms with Gasteiger partial charge in [-0.05, 0) is 50.0 Å². The minimum atomic E-state index is 0.753. The molecule has 1 aromatic carbocycles. The van der Waals surface area contributed by atoms with Gasteiger partial charge in [0.1, 0.15) is 12.7 Å². The molecule has 1 aliphatic heterocycles. The number of hydrogen-bond acceptors (Lipinski definition) is 4. The van der Waals surface area contributed by atoms with Crippen LogP contribution in [0.1, 0.15) is 18.4 Å². The Morgan fingerprint density at radius 3 is 3.14 bits per heavy atom. The normalized spacial score (nSPS) is 19.6. The number of benzene rings is 1. The molecule has 1 saturated heterocycles. The van der Waals surface area contributed by atoms with Gasteiger partial charge in [-0.2, -0.15) is 5.10 Å². The number of rotatable bonds is 5. The van der Waals surface area contributed by atoms with Gasteiger partial charge in [0.05, 0.1) is 6.54 Å². The van der Waals surface area contributed by atoms with Gasteiger partial charge in [-0.15, -0.1) is 0 Å². The number of nitrogens with one attached hydrogen (secondary N) is 1. The van der Waals surface area contributed by atoms with Crippen molar-refractivity contribution in [2.45, 2.75) is 19.4 Å². The average molecular weight is 285 g/mol. The highest BCUT2D eigenvalue weighted by Gasteiger charge is 2.16. The van der Waals surface area contributed by atoms with Gasteiger partial charge in [-0.25, -0.2) is 9.67 Å². The topological polar surface area (TPSA) is 46.0 Å². The van der Waals surface area contributed by atoms with Crippen molar-refractivity contribution < 1.29 is 0 Å². The van der Waals surface area contributed by atoms with Crippen LogP contribution >= 0.6 is 0 Å². The summed E-state index contributed by atoms with van der Waals surface area (Å²) in [5.74, 6) is 0.753. The van der Waals surface area contributed by atoms with E-state index in [2.05, 4.69) is 51.6 Å². The van der Waals surface area contributed by atoms with Crippen LogP contribution < -0.4 is 5.32 Å². The Morgan fingerprint density at radius 1 is 1.38 bits per heavy atom. The molecule has 1 aromatic heterocycles. The molecule has 5 nitrogen and oxygen atoms in total. The van der Waals surface area contributed by atoms with Gasteiger partial charge in [0, 0.05) is 18.8 Å². The molecule has 1 unspecified atom stereocenters. The number of hydrogen-bond donors (Lipinski definition) is 1. The number of nitrogens with zero attached hydrogens (tertiary/aromatic N) is 4. The highest BCUT2D eigenvalue weighted by Crippen LogP contribution is 2.17. The van der Waals surface area contributed by atoms with E-state index in [1.165, 1.54) is 37.2 Å². The first-order valence-corrected chi connectivity index (χ1v) is 7.63. The van der Waals surface area contributed by atoms with Crippen LogP contribution in [0.15, 0.2) is 36.9 Å². The van der Waals surface area contributed by atoms with Crippen LogP contribution in [-0.4, -0.2) is 46.3 Å². The number of anilines is 1. The Kier molecular flexibility index (Phi) is 4.50. The van der Waals surface area contributed by atoms with Gasteiger partial charge in [0.25, 0.3) is 0 Å². The fraction of sp³-hybridized carbons (Fsp3) is 0.500. The third-order valence-corrected chi connectivity index (χ3v) is 4.06. The Morgan fingerprint density at radius 2 is 2.33 bits per heavy atom. The molecule has 2 heterocycles. The summed E-state index contributed by atoms with van der Waals surface area (Å²) in [5.41, 5.74) is 2.44. The maximum atomic E-state index is 4.15. The molecule has 2 aromatic rings. The van der Waals surface area contributed by atoms with Gasteiger partial charge >= 0.3 is 0 Å². The van der Waals surface area contributed by atoms with E-state index in [1.807, 2.05) is 4.68 Å². The van der Waals surface area contributed by atoms with Crippen LogP contribution in [0.25, 0.3) is 0 Å². The third kappa shape index (κ3) is 4.04. The summed E-state index contributed by atoms with van der Waals surface area (Å²) in [6.45, 7) is 4.26. The quantitative estimate of drug-likeness (QED) is 0.913. The molecule has 1 N–H and O–H groups in total. The first-order chi connectivity index (χ1) is 10.3. The minimum absolute atomic E-state index is 0.753. The van der Waals surface area contributed by atoms with Crippen LogP contribution in [0.5, 0.6) is 0 Å². The first kappa shape index (κ1) is 14.1. The molecule has 21 heavy (non-hydrogen) atoms. The Bertz CT molecular complexity index is 552. The lowest BCUT2D eigenvalue weighted by molar-refractivity contribution is 0.217. The molecule has 112 valence electrons. The molecule has 1 fully saturated rings. The number of piperidine rings is 1. The molecular weight excluding hydrogens is 262 g/mol. The molecular formula is C16H23N5. The second-order valence-electron chi connectivity index (χ2n) is 5.94. The zero-order valence-electron chi connectivity index (χ0n) is 12.6. The Hall–Kier alpha value is -1.88. The van der Waals surface area contributed by atoms with Crippen molar-refractivity contribution in [2.75, 3.05) is 32.0 Å². The largest absolute Gasteiger partial charge is 0.385 e. The third-order valence-electron chi connectivity index (χ3n) is 4.06. The summed E-state index contributed by atoms with van der Waals surface area (Å²) in [7, 11) is 2.21. The lowest BCUT2D eigenvalue weighted by Gasteiger charge is -2.30. The zero-order valence-corrected chi connectivity index (χ0v) is 12.6. The van der Waals surface area contributed by atoms with E-state index in [-0.39, 0.29) is 0 Å². The lowest BCUT2D eigenvalue weighted by atomic mass is 9.98. The average Bonchev–Trinajstić information content (AvgIpc) is 2.99. The summed E-state index contributed by atoms with van der Waals surface area (Å²) in [5, 5.41) is 7.73. The van der Waals surface area contributed by atoms with Crippen molar-refractivity contribution in [3.63, 3.8) is 0 Å². The standard InChI is InChI=1S/C16H23N5/c1-20-7-3-5-15(10-20)9-18-16-6-2-4-14(8-16)11-21-13-17-12-19-21/h2,4,6,8,12-13,15,18H,3,5,7,9-11H2,1H3. The summed E-state index contributed by atoms with van der Waals surface area (Å²) in [6, 6.07) is 8.56.